The van der Waals surface area contributed by atoms with Gasteiger partial charge in [0.25, 0.3) is 0 Å². The molecular weight excluding hydrogens is 277 g/mol. The average molecular weight is 297 g/mol. The molecule has 0 aliphatic heterocycles. The second-order valence-electron chi connectivity index (χ2n) is 5.14. The van der Waals surface area contributed by atoms with Crippen molar-refractivity contribution in [2.45, 2.75) is 46.6 Å². The van der Waals surface area contributed by atoms with Crippen molar-refractivity contribution in [3.05, 3.63) is 0 Å². The van der Waals surface area contributed by atoms with Crippen LogP contribution in [0.25, 0.3) is 0 Å². The van der Waals surface area contributed by atoms with Gasteiger partial charge in [0.2, 0.25) is 0 Å². The molecule has 0 saturated carbocycles. The fraction of sp³-hybridized carbons (Fsp3) is 0.889. The summed E-state index contributed by atoms with van der Waals surface area (Å²) in [6.07, 6.45) is 1.01. The monoisotopic (exact) mass is 297 g/mol. The standard InChI is InChI=1S/C9H20IN3/c1-8(2,3)6-9(4,5)12-7(11)13-10/h6H2,1-5H3,(H3,11,12,13). The molecule has 0 heterocycles. The molecule has 0 radical (unpaired) electrons. The van der Waals surface area contributed by atoms with Gasteiger partial charge in [-0.3, -0.25) is 3.53 Å². The van der Waals surface area contributed by atoms with Crippen LogP contribution in [0.15, 0.2) is 4.99 Å². The van der Waals surface area contributed by atoms with E-state index in [-0.39, 0.29) is 11.0 Å². The number of nitrogens with two attached hydrogens (primary N) is 1. The summed E-state index contributed by atoms with van der Waals surface area (Å²) in [5, 5.41) is 0. The molecule has 0 amide bonds. The molecule has 0 aromatic rings. The van der Waals surface area contributed by atoms with Gasteiger partial charge in [-0.1, -0.05) is 20.8 Å². The van der Waals surface area contributed by atoms with Crippen LogP contribution in [0.1, 0.15) is 41.0 Å². The van der Waals surface area contributed by atoms with Crippen molar-refractivity contribution in [1.82, 2.24) is 3.53 Å². The molecule has 0 spiro atoms. The minimum atomic E-state index is -0.0967. The maximum Gasteiger partial charge on any atom is 0.198 e. The summed E-state index contributed by atoms with van der Waals surface area (Å²) in [6, 6.07) is 0. The first-order valence-electron chi connectivity index (χ1n) is 4.38. The summed E-state index contributed by atoms with van der Waals surface area (Å²) in [4.78, 5) is 4.39. The van der Waals surface area contributed by atoms with Crippen molar-refractivity contribution in [2.75, 3.05) is 0 Å². The van der Waals surface area contributed by atoms with Crippen LogP contribution < -0.4 is 9.26 Å². The molecule has 0 aromatic heterocycles. The van der Waals surface area contributed by atoms with Gasteiger partial charge < -0.3 is 5.73 Å². The molecule has 0 fully saturated rings. The lowest BCUT2D eigenvalue weighted by Crippen LogP contribution is -2.32. The summed E-state index contributed by atoms with van der Waals surface area (Å²) in [7, 11) is 0. The van der Waals surface area contributed by atoms with E-state index in [4.69, 9.17) is 5.73 Å². The Morgan fingerprint density at radius 3 is 2.08 bits per heavy atom. The highest BCUT2D eigenvalue weighted by molar-refractivity contribution is 14.1. The summed E-state index contributed by atoms with van der Waals surface area (Å²) in [5.41, 5.74) is 5.79. The maximum absolute atomic E-state index is 5.61. The van der Waals surface area contributed by atoms with E-state index in [2.05, 4.69) is 43.1 Å². The highest BCUT2D eigenvalue weighted by atomic mass is 127. The van der Waals surface area contributed by atoms with Crippen LogP contribution in [0.5, 0.6) is 0 Å². The zero-order valence-corrected chi connectivity index (χ0v) is 11.3. The minimum Gasteiger partial charge on any atom is -0.369 e. The number of halogens is 1. The van der Waals surface area contributed by atoms with Crippen LogP contribution in [0.4, 0.5) is 0 Å². The van der Waals surface area contributed by atoms with E-state index in [1.54, 1.807) is 0 Å². The molecule has 0 bridgehead atoms. The zero-order chi connectivity index (χ0) is 10.7. The summed E-state index contributed by atoms with van der Waals surface area (Å²) in [5.74, 6) is 0.495. The molecule has 4 heteroatoms. The Hall–Kier alpha value is 0. The van der Waals surface area contributed by atoms with Crippen LogP contribution in [0.3, 0.4) is 0 Å². The average Bonchev–Trinajstić information content (AvgIpc) is 1.80. The first-order valence-corrected chi connectivity index (χ1v) is 5.46. The van der Waals surface area contributed by atoms with E-state index in [0.717, 1.165) is 6.42 Å². The number of nitrogens with zero attached hydrogens (tertiary/aromatic N) is 1. The SMILES string of the molecule is CC(C)(C)CC(C)(C)N=C(N)NI. The van der Waals surface area contributed by atoms with Gasteiger partial charge in [-0.05, 0) is 25.7 Å². The van der Waals surface area contributed by atoms with Crippen LogP contribution in [-0.2, 0) is 0 Å². The van der Waals surface area contributed by atoms with E-state index < -0.39 is 0 Å². The van der Waals surface area contributed by atoms with Gasteiger partial charge in [-0.15, -0.1) is 0 Å². The number of aliphatic imine (C=N–C) groups is 1. The molecule has 13 heavy (non-hydrogen) atoms. The molecule has 0 atom stereocenters. The van der Waals surface area contributed by atoms with Gasteiger partial charge >= 0.3 is 0 Å². The Labute approximate surface area is 95.1 Å². The quantitative estimate of drug-likeness (QED) is 0.356. The Morgan fingerprint density at radius 2 is 1.77 bits per heavy atom. The summed E-state index contributed by atoms with van der Waals surface area (Å²) in [6.45, 7) is 10.8. The number of hydrogen-bond donors (Lipinski definition) is 2. The van der Waals surface area contributed by atoms with Crippen LogP contribution in [0.2, 0.25) is 0 Å². The topological polar surface area (TPSA) is 50.4 Å². The molecule has 0 rings (SSSR count). The number of hydrogen-bond acceptors (Lipinski definition) is 1. The fourth-order valence-corrected chi connectivity index (χ4v) is 1.81. The molecule has 0 aliphatic carbocycles. The van der Waals surface area contributed by atoms with E-state index >= 15 is 0 Å². The van der Waals surface area contributed by atoms with Gasteiger partial charge in [-0.25, -0.2) is 4.99 Å². The van der Waals surface area contributed by atoms with Gasteiger partial charge in [-0.2, -0.15) is 0 Å². The summed E-state index contributed by atoms with van der Waals surface area (Å²) < 4.78 is 2.80. The number of guanidine groups is 1. The lowest BCUT2D eigenvalue weighted by atomic mass is 9.82. The Balaban J connectivity index is 4.41. The molecular formula is C9H20IN3. The predicted molar refractivity (Wildman–Crippen MR) is 66.9 cm³/mol. The second kappa shape index (κ2) is 4.48. The lowest BCUT2D eigenvalue weighted by molar-refractivity contribution is 0.288. The van der Waals surface area contributed by atoms with Crippen molar-refractivity contribution in [3.63, 3.8) is 0 Å². The van der Waals surface area contributed by atoms with Gasteiger partial charge in [0, 0.05) is 0 Å². The van der Waals surface area contributed by atoms with Crippen LogP contribution in [-0.4, -0.2) is 11.5 Å². The maximum atomic E-state index is 5.61. The molecule has 0 unspecified atom stereocenters. The van der Waals surface area contributed by atoms with Crippen LogP contribution in [0, 0.1) is 5.41 Å². The third-order valence-corrected chi connectivity index (χ3v) is 2.04. The van der Waals surface area contributed by atoms with E-state index in [1.807, 2.05) is 22.9 Å². The Kier molecular flexibility index (Phi) is 4.48. The Morgan fingerprint density at radius 1 is 1.31 bits per heavy atom. The van der Waals surface area contributed by atoms with Crippen molar-refractivity contribution in [1.29, 1.82) is 0 Å². The zero-order valence-electron chi connectivity index (χ0n) is 9.11. The van der Waals surface area contributed by atoms with E-state index in [0.29, 0.717) is 5.96 Å². The third-order valence-electron chi connectivity index (χ3n) is 1.48. The first kappa shape index (κ1) is 13.0. The Bertz CT molecular complexity index is 192. The minimum absolute atomic E-state index is 0.0967. The third kappa shape index (κ3) is 7.10. The largest absolute Gasteiger partial charge is 0.369 e. The lowest BCUT2D eigenvalue weighted by Gasteiger charge is -2.29. The molecule has 0 aromatic carbocycles. The number of rotatable bonds is 2. The van der Waals surface area contributed by atoms with Crippen molar-refractivity contribution < 1.29 is 0 Å². The smallest absolute Gasteiger partial charge is 0.198 e. The number of nitrogens with one attached hydrogen (secondary N) is 1. The first-order chi connectivity index (χ1) is 5.66. The fourth-order valence-electron chi connectivity index (χ4n) is 1.68. The molecule has 3 nitrogen and oxygen atoms in total. The molecule has 0 aliphatic rings. The highest BCUT2D eigenvalue weighted by Crippen LogP contribution is 2.29. The molecule has 0 saturated heterocycles. The van der Waals surface area contributed by atoms with Crippen LogP contribution >= 0.6 is 22.9 Å². The second-order valence-corrected chi connectivity index (χ2v) is 5.68. The van der Waals surface area contributed by atoms with E-state index in [1.165, 1.54) is 0 Å². The van der Waals surface area contributed by atoms with Gasteiger partial charge in [0.05, 0.1) is 28.4 Å². The summed E-state index contributed by atoms with van der Waals surface area (Å²) >= 11 is 1.98. The normalized spacial score (nSPS) is 14.5. The molecule has 78 valence electrons. The van der Waals surface area contributed by atoms with Crippen molar-refractivity contribution >= 4 is 28.8 Å². The van der Waals surface area contributed by atoms with Gasteiger partial charge in [0.15, 0.2) is 5.96 Å². The van der Waals surface area contributed by atoms with E-state index in [9.17, 15) is 0 Å². The van der Waals surface area contributed by atoms with Gasteiger partial charge in [0.1, 0.15) is 0 Å². The highest BCUT2D eigenvalue weighted by Gasteiger charge is 2.24. The predicted octanol–water partition coefficient (Wildman–Crippen LogP) is 2.46. The van der Waals surface area contributed by atoms with Crippen molar-refractivity contribution in [3.8, 4) is 0 Å². The van der Waals surface area contributed by atoms with Crippen molar-refractivity contribution in [2.24, 2.45) is 16.1 Å². The molecule has 3 N–H and O–H groups in total.